The van der Waals surface area contributed by atoms with Crippen LogP contribution in [0.25, 0.3) is 11.1 Å². The van der Waals surface area contributed by atoms with E-state index in [0.29, 0.717) is 24.1 Å². The molecule has 0 atom stereocenters. The molecule has 6 heteroatoms. The summed E-state index contributed by atoms with van der Waals surface area (Å²) in [6, 6.07) is 5.33. The van der Waals surface area contributed by atoms with Crippen LogP contribution < -0.4 is 11.1 Å². The van der Waals surface area contributed by atoms with Crippen molar-refractivity contribution in [1.29, 1.82) is 0 Å². The summed E-state index contributed by atoms with van der Waals surface area (Å²) >= 11 is 0. The zero-order chi connectivity index (χ0) is 12.3. The van der Waals surface area contributed by atoms with Gasteiger partial charge in [0.05, 0.1) is 5.52 Å². The number of aliphatic hydroxyl groups excluding tert-OH is 1. The molecule has 0 saturated carbocycles. The van der Waals surface area contributed by atoms with Crippen molar-refractivity contribution in [2.24, 2.45) is 0 Å². The van der Waals surface area contributed by atoms with E-state index in [2.05, 4.69) is 10.3 Å². The third-order valence-electron chi connectivity index (χ3n) is 2.36. The van der Waals surface area contributed by atoms with Crippen LogP contribution >= 0.6 is 0 Å². The maximum atomic E-state index is 10.9. The van der Waals surface area contributed by atoms with E-state index < -0.39 is 18.3 Å². The first-order chi connectivity index (χ1) is 8.19. The lowest BCUT2D eigenvalue weighted by atomic mass is 10.1. The van der Waals surface area contributed by atoms with Crippen molar-refractivity contribution >= 4 is 17.0 Å². The third-order valence-corrected chi connectivity index (χ3v) is 2.36. The minimum absolute atomic E-state index is 0.400. The molecule has 1 aromatic carbocycles. The van der Waals surface area contributed by atoms with Gasteiger partial charge in [-0.1, -0.05) is 6.07 Å². The van der Waals surface area contributed by atoms with Gasteiger partial charge in [-0.3, -0.25) is 9.78 Å². The van der Waals surface area contributed by atoms with Crippen LogP contribution in [0.3, 0.4) is 0 Å². The van der Waals surface area contributed by atoms with Crippen molar-refractivity contribution < 1.29 is 14.3 Å². The number of oxazole rings is 1. The first-order valence-corrected chi connectivity index (χ1v) is 5.18. The van der Waals surface area contributed by atoms with Gasteiger partial charge in [0.1, 0.15) is 6.61 Å². The smallest absolute Gasteiger partial charge is 0.408 e. The number of H-pyrrole nitrogens is 1. The maximum absolute atomic E-state index is 10.9. The highest BCUT2D eigenvalue weighted by Gasteiger charge is 2.02. The van der Waals surface area contributed by atoms with Crippen LogP contribution in [0.1, 0.15) is 5.56 Å². The van der Waals surface area contributed by atoms with Crippen LogP contribution in [-0.4, -0.2) is 29.1 Å². The van der Waals surface area contributed by atoms with E-state index in [1.54, 1.807) is 12.1 Å². The molecule has 0 spiro atoms. The number of carbonyl (C=O) groups is 1. The molecule has 2 aromatic rings. The van der Waals surface area contributed by atoms with Gasteiger partial charge in [0.2, 0.25) is 5.91 Å². The van der Waals surface area contributed by atoms with Crippen LogP contribution in [0, 0.1) is 0 Å². The number of aliphatic hydroxyl groups is 1. The number of hydrogen-bond acceptors (Lipinski definition) is 4. The van der Waals surface area contributed by atoms with Crippen molar-refractivity contribution in [3.05, 3.63) is 34.3 Å². The molecule has 0 aliphatic rings. The fourth-order valence-electron chi connectivity index (χ4n) is 1.56. The Balaban J connectivity index is 2.04. The number of aromatic nitrogens is 1. The standard InChI is InChI=1S/C11H12N2O4/c14-6-10(15)12-4-3-7-1-2-9-8(5-7)13-11(16)17-9/h1-2,5,14H,3-4,6H2,(H,12,15)(H,13,16). The maximum Gasteiger partial charge on any atom is 0.417 e. The number of nitrogens with one attached hydrogen (secondary N) is 2. The Labute approximate surface area is 96.3 Å². The molecule has 0 unspecified atom stereocenters. The van der Waals surface area contributed by atoms with E-state index in [0.717, 1.165) is 5.56 Å². The van der Waals surface area contributed by atoms with E-state index in [4.69, 9.17) is 9.52 Å². The number of fused-ring (bicyclic) bond motifs is 1. The molecule has 6 nitrogen and oxygen atoms in total. The molecule has 3 N–H and O–H groups in total. The minimum atomic E-state index is -0.506. The van der Waals surface area contributed by atoms with Gasteiger partial charge < -0.3 is 14.8 Å². The summed E-state index contributed by atoms with van der Waals surface area (Å²) in [5.41, 5.74) is 2.12. The second kappa shape index (κ2) is 4.84. The van der Waals surface area contributed by atoms with Crippen molar-refractivity contribution in [3.8, 4) is 0 Å². The molecule has 1 heterocycles. The van der Waals surface area contributed by atoms with Gasteiger partial charge in [0.15, 0.2) is 5.58 Å². The Bertz CT molecular complexity index is 584. The molecule has 2 rings (SSSR count). The van der Waals surface area contributed by atoms with E-state index in [1.165, 1.54) is 0 Å². The molecule has 17 heavy (non-hydrogen) atoms. The highest BCUT2D eigenvalue weighted by molar-refractivity contribution is 5.77. The monoisotopic (exact) mass is 236 g/mol. The summed E-state index contributed by atoms with van der Waals surface area (Å²) in [5, 5.41) is 11.1. The van der Waals surface area contributed by atoms with Crippen LogP contribution in [0.4, 0.5) is 0 Å². The summed E-state index contributed by atoms with van der Waals surface area (Å²) in [6.45, 7) is -0.0684. The predicted octanol–water partition coefficient (Wildman–Crippen LogP) is -0.228. The van der Waals surface area contributed by atoms with Gasteiger partial charge in [-0.05, 0) is 24.1 Å². The molecule has 0 saturated heterocycles. The minimum Gasteiger partial charge on any atom is -0.408 e. The predicted molar refractivity (Wildman–Crippen MR) is 60.6 cm³/mol. The first kappa shape index (κ1) is 11.4. The highest BCUT2D eigenvalue weighted by atomic mass is 16.4. The fourth-order valence-corrected chi connectivity index (χ4v) is 1.56. The van der Waals surface area contributed by atoms with E-state index >= 15 is 0 Å². The normalized spacial score (nSPS) is 10.6. The molecule has 0 radical (unpaired) electrons. The fraction of sp³-hybridized carbons (Fsp3) is 0.273. The topological polar surface area (TPSA) is 95.3 Å². The Morgan fingerprint density at radius 3 is 3.06 bits per heavy atom. The summed E-state index contributed by atoms with van der Waals surface area (Å²) in [7, 11) is 0. The molecule has 0 aliphatic carbocycles. The van der Waals surface area contributed by atoms with Gasteiger partial charge in [0.25, 0.3) is 0 Å². The van der Waals surface area contributed by atoms with Crippen molar-refractivity contribution in [2.75, 3.05) is 13.2 Å². The van der Waals surface area contributed by atoms with Crippen molar-refractivity contribution in [2.45, 2.75) is 6.42 Å². The van der Waals surface area contributed by atoms with Crippen molar-refractivity contribution in [1.82, 2.24) is 10.3 Å². The zero-order valence-corrected chi connectivity index (χ0v) is 9.03. The molecule has 1 amide bonds. The summed E-state index contributed by atoms with van der Waals surface area (Å²) < 4.78 is 4.87. The lowest BCUT2D eigenvalue weighted by molar-refractivity contribution is -0.123. The molecule has 1 aromatic heterocycles. The zero-order valence-electron chi connectivity index (χ0n) is 9.03. The average Bonchev–Trinajstić information content (AvgIpc) is 2.68. The molecular weight excluding hydrogens is 224 g/mol. The number of rotatable bonds is 4. The molecule has 90 valence electrons. The highest BCUT2D eigenvalue weighted by Crippen LogP contribution is 2.12. The number of carbonyl (C=O) groups excluding carboxylic acids is 1. The Morgan fingerprint density at radius 1 is 1.47 bits per heavy atom. The van der Waals surface area contributed by atoms with Gasteiger partial charge >= 0.3 is 5.76 Å². The van der Waals surface area contributed by atoms with Crippen molar-refractivity contribution in [3.63, 3.8) is 0 Å². The molecule has 0 bridgehead atoms. The first-order valence-electron chi connectivity index (χ1n) is 5.18. The second-order valence-electron chi connectivity index (χ2n) is 3.60. The average molecular weight is 236 g/mol. The third kappa shape index (κ3) is 2.73. The van der Waals surface area contributed by atoms with Crippen LogP contribution in [-0.2, 0) is 11.2 Å². The number of hydrogen-bond donors (Lipinski definition) is 3. The largest absolute Gasteiger partial charge is 0.417 e. The summed E-state index contributed by atoms with van der Waals surface area (Å²) in [4.78, 5) is 24.3. The lowest BCUT2D eigenvalue weighted by Gasteiger charge is -2.03. The van der Waals surface area contributed by atoms with Crippen LogP contribution in [0.2, 0.25) is 0 Å². The van der Waals surface area contributed by atoms with Gasteiger partial charge in [0, 0.05) is 6.54 Å². The molecular formula is C11H12N2O4. The number of amides is 1. The van der Waals surface area contributed by atoms with E-state index in [1.807, 2.05) is 6.07 Å². The molecule has 0 aliphatic heterocycles. The molecule has 0 fully saturated rings. The van der Waals surface area contributed by atoms with Crippen LogP contribution in [0.15, 0.2) is 27.4 Å². The van der Waals surface area contributed by atoms with Gasteiger partial charge in [-0.25, -0.2) is 4.79 Å². The van der Waals surface area contributed by atoms with Crippen LogP contribution in [0.5, 0.6) is 0 Å². The number of benzene rings is 1. The van der Waals surface area contributed by atoms with E-state index in [9.17, 15) is 9.59 Å². The SMILES string of the molecule is O=C(CO)NCCc1ccc2oc(=O)[nH]c2c1. The Morgan fingerprint density at radius 2 is 2.29 bits per heavy atom. The van der Waals surface area contributed by atoms with Gasteiger partial charge in [-0.2, -0.15) is 0 Å². The second-order valence-corrected chi connectivity index (χ2v) is 3.60. The Kier molecular flexibility index (Phi) is 3.24. The summed E-state index contributed by atoms with van der Waals surface area (Å²) in [5.74, 6) is -0.881. The lowest BCUT2D eigenvalue weighted by Crippen LogP contribution is -2.28. The van der Waals surface area contributed by atoms with E-state index in [-0.39, 0.29) is 0 Å². The number of aromatic amines is 1. The summed E-state index contributed by atoms with van der Waals surface area (Å²) in [6.07, 6.45) is 0.620. The Hall–Kier alpha value is -2.08. The quantitative estimate of drug-likeness (QED) is 0.683. The van der Waals surface area contributed by atoms with Gasteiger partial charge in [-0.15, -0.1) is 0 Å².